The zero-order valence-corrected chi connectivity index (χ0v) is 13.4. The lowest BCUT2D eigenvalue weighted by Gasteiger charge is -2.23. The summed E-state index contributed by atoms with van der Waals surface area (Å²) >= 11 is 0. The number of hydrogen-bond acceptors (Lipinski definition) is 4. The average molecular weight is 307 g/mol. The minimum atomic E-state index is -0.0354. The summed E-state index contributed by atoms with van der Waals surface area (Å²) in [6, 6.07) is 5.83. The van der Waals surface area contributed by atoms with Crippen molar-refractivity contribution in [2.75, 3.05) is 33.5 Å². The summed E-state index contributed by atoms with van der Waals surface area (Å²) in [5.41, 5.74) is 1.63. The van der Waals surface area contributed by atoms with Crippen molar-refractivity contribution in [3.8, 4) is 5.75 Å². The molecule has 1 saturated heterocycles. The molecule has 1 amide bonds. The van der Waals surface area contributed by atoms with Crippen LogP contribution in [0.3, 0.4) is 0 Å². The van der Waals surface area contributed by atoms with Gasteiger partial charge in [0.25, 0.3) is 5.91 Å². The fourth-order valence-electron chi connectivity index (χ4n) is 2.43. The first kappa shape index (κ1) is 16.8. The molecule has 1 aliphatic heterocycles. The van der Waals surface area contributed by atoms with Crippen molar-refractivity contribution in [1.29, 1.82) is 0 Å². The van der Waals surface area contributed by atoms with E-state index in [1.807, 2.05) is 25.1 Å². The van der Waals surface area contributed by atoms with Crippen molar-refractivity contribution < 1.29 is 19.0 Å². The molecule has 0 radical (unpaired) electrons. The van der Waals surface area contributed by atoms with E-state index in [4.69, 9.17) is 14.2 Å². The lowest BCUT2D eigenvalue weighted by Crippen LogP contribution is -2.39. The van der Waals surface area contributed by atoms with Gasteiger partial charge in [0.1, 0.15) is 5.75 Å². The van der Waals surface area contributed by atoms with E-state index in [9.17, 15) is 4.79 Å². The molecule has 1 N–H and O–H groups in total. The van der Waals surface area contributed by atoms with Crippen molar-refractivity contribution in [1.82, 2.24) is 5.32 Å². The van der Waals surface area contributed by atoms with Gasteiger partial charge in [-0.2, -0.15) is 0 Å². The molecule has 0 unspecified atom stereocenters. The van der Waals surface area contributed by atoms with E-state index in [1.165, 1.54) is 0 Å². The molecule has 1 heterocycles. The van der Waals surface area contributed by atoms with Gasteiger partial charge in [0, 0.05) is 45.0 Å². The predicted molar refractivity (Wildman–Crippen MR) is 84.5 cm³/mol. The van der Waals surface area contributed by atoms with E-state index in [0.29, 0.717) is 32.0 Å². The maximum Gasteiger partial charge on any atom is 0.251 e. The van der Waals surface area contributed by atoms with Gasteiger partial charge >= 0.3 is 0 Å². The van der Waals surface area contributed by atoms with E-state index < -0.39 is 0 Å². The maximum atomic E-state index is 12.4. The first-order chi connectivity index (χ1) is 10.7. The van der Waals surface area contributed by atoms with Crippen LogP contribution in [0.15, 0.2) is 18.2 Å². The number of hydrogen-bond donors (Lipinski definition) is 1. The summed E-state index contributed by atoms with van der Waals surface area (Å²) in [5.74, 6) is 0.686. The lowest BCUT2D eigenvalue weighted by atomic mass is 10.1. The van der Waals surface area contributed by atoms with Gasteiger partial charge in [-0.15, -0.1) is 0 Å². The highest BCUT2D eigenvalue weighted by molar-refractivity contribution is 5.96. The second kappa shape index (κ2) is 8.76. The van der Waals surface area contributed by atoms with Gasteiger partial charge in [-0.1, -0.05) is 6.07 Å². The molecule has 1 aromatic carbocycles. The molecule has 122 valence electrons. The van der Waals surface area contributed by atoms with Crippen molar-refractivity contribution in [2.24, 2.45) is 0 Å². The van der Waals surface area contributed by atoms with Crippen molar-refractivity contribution in [2.45, 2.75) is 32.2 Å². The van der Waals surface area contributed by atoms with Crippen molar-refractivity contribution in [3.63, 3.8) is 0 Å². The monoisotopic (exact) mass is 307 g/mol. The third-order valence-corrected chi connectivity index (χ3v) is 3.77. The van der Waals surface area contributed by atoms with Crippen LogP contribution in [0.5, 0.6) is 5.75 Å². The number of carbonyl (C=O) groups excluding carboxylic acids is 1. The molecule has 0 bridgehead atoms. The Morgan fingerprint density at radius 1 is 1.32 bits per heavy atom. The Kier molecular flexibility index (Phi) is 6.68. The summed E-state index contributed by atoms with van der Waals surface area (Å²) in [4.78, 5) is 12.4. The summed E-state index contributed by atoms with van der Waals surface area (Å²) in [7, 11) is 1.67. The molecular formula is C17H25NO4. The first-order valence-electron chi connectivity index (χ1n) is 7.81. The third-order valence-electron chi connectivity index (χ3n) is 3.77. The molecule has 0 spiro atoms. The molecule has 1 fully saturated rings. The van der Waals surface area contributed by atoms with Gasteiger partial charge < -0.3 is 19.5 Å². The van der Waals surface area contributed by atoms with E-state index >= 15 is 0 Å². The highest BCUT2D eigenvalue weighted by atomic mass is 16.5. The molecule has 0 saturated carbocycles. The van der Waals surface area contributed by atoms with Crippen LogP contribution in [0.2, 0.25) is 0 Å². The molecule has 2 rings (SSSR count). The molecular weight excluding hydrogens is 282 g/mol. The highest BCUT2D eigenvalue weighted by Crippen LogP contribution is 2.18. The molecule has 1 aliphatic rings. The molecule has 22 heavy (non-hydrogen) atoms. The SMILES string of the molecule is COCCCOc1ccc(C)c(C(=O)NC2CCOCC2)c1. The van der Waals surface area contributed by atoms with Crippen LogP contribution in [-0.2, 0) is 9.47 Å². The van der Waals surface area contributed by atoms with E-state index in [1.54, 1.807) is 7.11 Å². The fourth-order valence-corrected chi connectivity index (χ4v) is 2.43. The highest BCUT2D eigenvalue weighted by Gasteiger charge is 2.18. The minimum absolute atomic E-state index is 0.0354. The van der Waals surface area contributed by atoms with Crippen LogP contribution in [0.1, 0.15) is 35.2 Å². The molecule has 1 aromatic rings. The molecule has 5 heteroatoms. The van der Waals surface area contributed by atoms with Crippen LogP contribution in [0.4, 0.5) is 0 Å². The van der Waals surface area contributed by atoms with Crippen molar-refractivity contribution in [3.05, 3.63) is 29.3 Å². The van der Waals surface area contributed by atoms with Gasteiger partial charge in [-0.25, -0.2) is 0 Å². The maximum absolute atomic E-state index is 12.4. The standard InChI is InChI=1S/C17H25NO4/c1-13-4-5-15(22-9-3-8-20-2)12-16(13)17(19)18-14-6-10-21-11-7-14/h4-5,12,14H,3,6-11H2,1-2H3,(H,18,19). The van der Waals surface area contributed by atoms with Gasteiger partial charge in [0.2, 0.25) is 0 Å². The van der Waals surface area contributed by atoms with Gasteiger partial charge in [0.15, 0.2) is 0 Å². The normalized spacial score (nSPS) is 15.5. The number of amides is 1. The van der Waals surface area contributed by atoms with Crippen LogP contribution in [0.25, 0.3) is 0 Å². The Hall–Kier alpha value is -1.59. The summed E-state index contributed by atoms with van der Waals surface area (Å²) in [6.07, 6.45) is 2.57. The number of carbonyl (C=O) groups is 1. The number of benzene rings is 1. The second-order valence-electron chi connectivity index (χ2n) is 5.53. The zero-order valence-electron chi connectivity index (χ0n) is 13.4. The van der Waals surface area contributed by atoms with E-state index in [-0.39, 0.29) is 11.9 Å². The number of rotatable bonds is 7. The smallest absolute Gasteiger partial charge is 0.251 e. The minimum Gasteiger partial charge on any atom is -0.493 e. The van der Waals surface area contributed by atoms with E-state index in [0.717, 1.165) is 30.6 Å². The van der Waals surface area contributed by atoms with Gasteiger partial charge in [-0.3, -0.25) is 4.79 Å². The van der Waals surface area contributed by atoms with Crippen LogP contribution < -0.4 is 10.1 Å². The Labute approximate surface area is 131 Å². The number of nitrogens with one attached hydrogen (secondary N) is 1. The molecule has 0 atom stereocenters. The third kappa shape index (κ3) is 5.00. The quantitative estimate of drug-likeness (QED) is 0.786. The molecule has 0 aliphatic carbocycles. The summed E-state index contributed by atoms with van der Waals surface area (Å²) in [5, 5.41) is 3.09. The van der Waals surface area contributed by atoms with Crippen LogP contribution in [0, 0.1) is 6.92 Å². The average Bonchev–Trinajstić information content (AvgIpc) is 2.54. The summed E-state index contributed by atoms with van der Waals surface area (Å²) < 4.78 is 16.0. The number of ether oxygens (including phenoxy) is 3. The number of methoxy groups -OCH3 is 1. The Balaban J connectivity index is 1.94. The Bertz CT molecular complexity index is 484. The Morgan fingerprint density at radius 3 is 2.82 bits per heavy atom. The lowest BCUT2D eigenvalue weighted by molar-refractivity contribution is 0.0696. The molecule has 5 nitrogen and oxygen atoms in total. The van der Waals surface area contributed by atoms with Crippen LogP contribution >= 0.6 is 0 Å². The second-order valence-corrected chi connectivity index (χ2v) is 5.53. The van der Waals surface area contributed by atoms with Crippen molar-refractivity contribution >= 4 is 5.91 Å². The Morgan fingerprint density at radius 2 is 2.09 bits per heavy atom. The van der Waals surface area contributed by atoms with Crippen LogP contribution in [-0.4, -0.2) is 45.5 Å². The topological polar surface area (TPSA) is 56.8 Å². The summed E-state index contributed by atoms with van der Waals surface area (Å²) in [6.45, 7) is 4.62. The van der Waals surface area contributed by atoms with Gasteiger partial charge in [-0.05, 0) is 37.5 Å². The first-order valence-corrected chi connectivity index (χ1v) is 7.81. The zero-order chi connectivity index (χ0) is 15.8. The molecule has 0 aromatic heterocycles. The fraction of sp³-hybridized carbons (Fsp3) is 0.588. The predicted octanol–water partition coefficient (Wildman–Crippen LogP) is 2.32. The van der Waals surface area contributed by atoms with Gasteiger partial charge in [0.05, 0.1) is 6.61 Å². The largest absolute Gasteiger partial charge is 0.493 e. The van der Waals surface area contributed by atoms with E-state index in [2.05, 4.69) is 5.32 Å². The number of aryl methyl sites for hydroxylation is 1.